The fourth-order valence-electron chi connectivity index (χ4n) is 2.71. The summed E-state index contributed by atoms with van der Waals surface area (Å²) in [7, 11) is 0. The zero-order valence-electron chi connectivity index (χ0n) is 11.9. The molecule has 0 atom stereocenters. The van der Waals surface area contributed by atoms with Crippen molar-refractivity contribution in [3.63, 3.8) is 0 Å². The van der Waals surface area contributed by atoms with E-state index in [1.165, 1.54) is 31.4 Å². The fraction of sp³-hybridized carbons (Fsp3) is 0.533. The smallest absolute Gasteiger partial charge is 0.265 e. The Labute approximate surface area is 119 Å². The second-order valence-corrected chi connectivity index (χ2v) is 5.41. The lowest BCUT2D eigenvalue weighted by atomic mass is 9.94. The second kappa shape index (κ2) is 6.81. The minimum absolute atomic E-state index is 0.267. The van der Waals surface area contributed by atoms with Gasteiger partial charge in [0.15, 0.2) is 0 Å². The molecule has 5 heteroatoms. The van der Waals surface area contributed by atoms with Crippen molar-refractivity contribution in [2.24, 2.45) is 11.8 Å². The van der Waals surface area contributed by atoms with Gasteiger partial charge in [-0.05, 0) is 50.0 Å². The number of hydrogen-bond acceptors (Lipinski definition) is 3. The first-order valence-corrected chi connectivity index (χ1v) is 7.15. The zero-order valence-corrected chi connectivity index (χ0v) is 11.9. The third kappa shape index (κ3) is 3.55. The topological polar surface area (TPSA) is 58.4 Å². The van der Waals surface area contributed by atoms with E-state index < -0.39 is 5.91 Å². The number of piperidine rings is 1. The number of nitrogens with one attached hydrogen (secondary N) is 1. The number of hydrazine groups is 1. The van der Waals surface area contributed by atoms with Crippen LogP contribution >= 0.6 is 0 Å². The van der Waals surface area contributed by atoms with E-state index in [1.54, 1.807) is 6.07 Å². The molecule has 110 valence electrons. The average molecular weight is 279 g/mol. The number of nitrogen functional groups attached to an aromatic ring is 1. The number of likely N-dealkylation sites (tertiary alicyclic amines) is 1. The highest BCUT2D eigenvalue weighted by Gasteiger charge is 2.19. The Morgan fingerprint density at radius 3 is 2.75 bits per heavy atom. The van der Waals surface area contributed by atoms with Gasteiger partial charge in [0.25, 0.3) is 5.91 Å². The van der Waals surface area contributed by atoms with Crippen molar-refractivity contribution in [3.05, 3.63) is 35.1 Å². The van der Waals surface area contributed by atoms with E-state index in [1.807, 2.05) is 0 Å². The zero-order chi connectivity index (χ0) is 14.5. The van der Waals surface area contributed by atoms with Gasteiger partial charge >= 0.3 is 0 Å². The van der Waals surface area contributed by atoms with Crippen LogP contribution in [0.2, 0.25) is 0 Å². The Morgan fingerprint density at radius 2 is 2.15 bits per heavy atom. The van der Waals surface area contributed by atoms with Crippen molar-refractivity contribution in [1.29, 1.82) is 0 Å². The van der Waals surface area contributed by atoms with Crippen LogP contribution in [0.15, 0.2) is 18.2 Å². The molecule has 0 aromatic heterocycles. The lowest BCUT2D eigenvalue weighted by Crippen LogP contribution is -2.33. The van der Waals surface area contributed by atoms with Crippen molar-refractivity contribution >= 4 is 5.91 Å². The first-order valence-electron chi connectivity index (χ1n) is 7.15. The summed E-state index contributed by atoms with van der Waals surface area (Å²) in [4.78, 5) is 13.7. The lowest BCUT2D eigenvalue weighted by molar-refractivity contribution is 0.0953. The van der Waals surface area contributed by atoms with E-state index in [-0.39, 0.29) is 5.82 Å². The minimum Gasteiger partial charge on any atom is -0.299 e. The minimum atomic E-state index is -0.393. The van der Waals surface area contributed by atoms with Gasteiger partial charge in [-0.1, -0.05) is 13.3 Å². The van der Waals surface area contributed by atoms with Gasteiger partial charge in [-0.3, -0.25) is 15.1 Å². The number of rotatable bonds is 4. The maximum Gasteiger partial charge on any atom is 0.265 e. The number of nitrogens with two attached hydrogens (primary N) is 1. The normalized spacial score (nSPS) is 17.1. The molecule has 0 unspecified atom stereocenters. The molecule has 20 heavy (non-hydrogen) atoms. The SMILES string of the molecule is CCC1CCN(Cc2cc(C(=O)NN)ccc2F)CC1. The van der Waals surface area contributed by atoms with Gasteiger partial charge in [-0.25, -0.2) is 10.2 Å². The summed E-state index contributed by atoms with van der Waals surface area (Å²) in [6.07, 6.45) is 3.55. The molecule has 0 aliphatic carbocycles. The number of halogens is 1. The van der Waals surface area contributed by atoms with Crippen molar-refractivity contribution in [2.45, 2.75) is 32.7 Å². The monoisotopic (exact) mass is 279 g/mol. The van der Waals surface area contributed by atoms with Crippen molar-refractivity contribution in [3.8, 4) is 0 Å². The molecule has 1 aliphatic heterocycles. The molecule has 1 aromatic carbocycles. The molecule has 2 rings (SSSR count). The largest absolute Gasteiger partial charge is 0.299 e. The van der Waals surface area contributed by atoms with E-state index in [4.69, 9.17) is 5.84 Å². The molecule has 1 heterocycles. The first-order chi connectivity index (χ1) is 9.63. The summed E-state index contributed by atoms with van der Waals surface area (Å²) in [6, 6.07) is 4.37. The molecule has 0 spiro atoms. The van der Waals surface area contributed by atoms with Crippen LogP contribution in [0, 0.1) is 11.7 Å². The summed E-state index contributed by atoms with van der Waals surface area (Å²) >= 11 is 0. The van der Waals surface area contributed by atoms with Gasteiger partial charge in [0.2, 0.25) is 0 Å². The maximum atomic E-state index is 13.8. The predicted molar refractivity (Wildman–Crippen MR) is 76.3 cm³/mol. The molecule has 1 aromatic rings. The summed E-state index contributed by atoms with van der Waals surface area (Å²) in [6.45, 7) is 4.75. The second-order valence-electron chi connectivity index (χ2n) is 5.41. The molecule has 4 nitrogen and oxygen atoms in total. The molecular formula is C15H22FN3O. The molecule has 1 fully saturated rings. The standard InChI is InChI=1S/C15H22FN3O/c1-2-11-5-7-19(8-6-11)10-13-9-12(15(20)18-17)3-4-14(13)16/h3-4,9,11H,2,5-8,10,17H2,1H3,(H,18,20). The van der Waals surface area contributed by atoms with E-state index in [0.717, 1.165) is 19.0 Å². The summed E-state index contributed by atoms with van der Waals surface area (Å²) in [5.74, 6) is 5.24. The Bertz CT molecular complexity index is 470. The number of amides is 1. The van der Waals surface area contributed by atoms with Crippen LogP contribution < -0.4 is 11.3 Å². The highest BCUT2D eigenvalue weighted by molar-refractivity contribution is 5.93. The summed E-state index contributed by atoms with van der Waals surface area (Å²) in [5, 5.41) is 0. The van der Waals surface area contributed by atoms with Gasteiger partial charge < -0.3 is 0 Å². The van der Waals surface area contributed by atoms with Crippen LogP contribution in [0.4, 0.5) is 4.39 Å². The molecular weight excluding hydrogens is 257 g/mol. The highest BCUT2D eigenvalue weighted by atomic mass is 19.1. The van der Waals surface area contributed by atoms with Crippen LogP contribution in [-0.2, 0) is 6.54 Å². The Kier molecular flexibility index (Phi) is 5.09. The maximum absolute atomic E-state index is 13.8. The molecule has 0 saturated carbocycles. The third-order valence-corrected chi connectivity index (χ3v) is 4.12. The predicted octanol–water partition coefficient (Wildman–Crippen LogP) is 2.05. The van der Waals surface area contributed by atoms with Crippen LogP contribution in [0.3, 0.4) is 0 Å². The van der Waals surface area contributed by atoms with Crippen LogP contribution in [0.25, 0.3) is 0 Å². The van der Waals surface area contributed by atoms with E-state index in [0.29, 0.717) is 17.7 Å². The molecule has 1 saturated heterocycles. The number of benzene rings is 1. The third-order valence-electron chi connectivity index (χ3n) is 4.12. The van der Waals surface area contributed by atoms with Crippen LogP contribution in [0.5, 0.6) is 0 Å². The average Bonchev–Trinajstić information content (AvgIpc) is 2.49. The Morgan fingerprint density at radius 1 is 1.45 bits per heavy atom. The van der Waals surface area contributed by atoms with Crippen molar-refractivity contribution in [2.75, 3.05) is 13.1 Å². The van der Waals surface area contributed by atoms with Gasteiger partial charge in [0, 0.05) is 17.7 Å². The van der Waals surface area contributed by atoms with Gasteiger partial charge in [-0.2, -0.15) is 0 Å². The number of nitrogens with zero attached hydrogens (tertiary/aromatic N) is 1. The highest BCUT2D eigenvalue weighted by Crippen LogP contribution is 2.22. The number of carbonyl (C=O) groups excluding carboxylic acids is 1. The molecule has 1 amide bonds. The van der Waals surface area contributed by atoms with E-state index in [2.05, 4.69) is 17.2 Å². The van der Waals surface area contributed by atoms with Gasteiger partial charge in [0.1, 0.15) is 5.82 Å². The molecule has 0 radical (unpaired) electrons. The van der Waals surface area contributed by atoms with Gasteiger partial charge in [-0.15, -0.1) is 0 Å². The summed E-state index contributed by atoms with van der Waals surface area (Å²) < 4.78 is 13.8. The molecule has 3 N–H and O–H groups in total. The number of carbonyl (C=O) groups is 1. The van der Waals surface area contributed by atoms with Gasteiger partial charge in [0.05, 0.1) is 0 Å². The van der Waals surface area contributed by atoms with Crippen LogP contribution in [0.1, 0.15) is 42.1 Å². The Balaban J connectivity index is 2.03. The lowest BCUT2D eigenvalue weighted by Gasteiger charge is -2.31. The fourth-order valence-corrected chi connectivity index (χ4v) is 2.71. The number of hydrogen-bond donors (Lipinski definition) is 2. The first kappa shape index (κ1) is 14.9. The van der Waals surface area contributed by atoms with E-state index in [9.17, 15) is 9.18 Å². The van der Waals surface area contributed by atoms with Crippen molar-refractivity contribution in [1.82, 2.24) is 10.3 Å². The van der Waals surface area contributed by atoms with Crippen LogP contribution in [-0.4, -0.2) is 23.9 Å². The summed E-state index contributed by atoms with van der Waals surface area (Å²) in [5.41, 5.74) is 3.02. The van der Waals surface area contributed by atoms with Crippen molar-refractivity contribution < 1.29 is 9.18 Å². The van der Waals surface area contributed by atoms with E-state index >= 15 is 0 Å². The Hall–Kier alpha value is -1.46. The molecule has 0 bridgehead atoms. The molecule has 1 aliphatic rings. The quantitative estimate of drug-likeness (QED) is 0.504.